The average molecular weight is 488 g/mol. The van der Waals surface area contributed by atoms with Crippen LogP contribution in [-0.2, 0) is 11.2 Å². The fraction of sp³-hybridized carbons (Fsp3) is 0.240. The molecule has 176 valence electrons. The van der Waals surface area contributed by atoms with Crippen molar-refractivity contribution in [2.75, 3.05) is 11.4 Å². The van der Waals surface area contributed by atoms with Gasteiger partial charge in [0.25, 0.3) is 5.56 Å². The minimum Gasteiger partial charge on any atom is -0.346 e. The molecule has 0 saturated carbocycles. The van der Waals surface area contributed by atoms with Crippen LogP contribution in [0.2, 0.25) is 5.02 Å². The van der Waals surface area contributed by atoms with Crippen molar-refractivity contribution in [3.05, 3.63) is 81.9 Å². The zero-order valence-electron chi connectivity index (χ0n) is 19.0. The highest BCUT2D eigenvalue weighted by Gasteiger charge is 2.34. The average Bonchev–Trinajstić information content (AvgIpc) is 3.58. The summed E-state index contributed by atoms with van der Waals surface area (Å²) in [5, 5.41) is 6.07. The maximum Gasteiger partial charge on any atom is 0.284 e. The van der Waals surface area contributed by atoms with Gasteiger partial charge in [0, 0.05) is 25.4 Å². The molecule has 1 atom stereocenters. The smallest absolute Gasteiger partial charge is 0.284 e. The molecule has 0 aliphatic carbocycles. The van der Waals surface area contributed by atoms with E-state index < -0.39 is 0 Å². The van der Waals surface area contributed by atoms with Crippen molar-refractivity contribution in [1.29, 1.82) is 0 Å². The first-order valence-electron chi connectivity index (χ1n) is 11.4. The fourth-order valence-electron chi connectivity index (χ4n) is 5.01. The SMILES string of the molecule is CC(=O)Cc1c[nH]c2ncnc(N3CCC[C@H]3c3nn4ccc(Cl)c4c(=O)n3-c3ccccc3)c12. The molecule has 0 bridgehead atoms. The first kappa shape index (κ1) is 21.5. The molecule has 10 heteroatoms. The number of rotatable bonds is 5. The number of hydrogen-bond acceptors (Lipinski definition) is 6. The van der Waals surface area contributed by atoms with Gasteiger partial charge in [-0.05, 0) is 43.5 Å². The van der Waals surface area contributed by atoms with E-state index in [0.717, 1.165) is 41.8 Å². The molecule has 1 aromatic carbocycles. The number of fused-ring (bicyclic) bond motifs is 2. The van der Waals surface area contributed by atoms with Crippen molar-refractivity contribution in [3.63, 3.8) is 0 Å². The molecule has 5 heterocycles. The molecule has 1 fully saturated rings. The number of carbonyl (C=O) groups excluding carboxylic acids is 1. The van der Waals surface area contributed by atoms with Crippen LogP contribution in [0, 0.1) is 0 Å². The predicted molar refractivity (Wildman–Crippen MR) is 133 cm³/mol. The summed E-state index contributed by atoms with van der Waals surface area (Å²) >= 11 is 6.35. The predicted octanol–water partition coefficient (Wildman–Crippen LogP) is 3.88. The summed E-state index contributed by atoms with van der Waals surface area (Å²) in [6, 6.07) is 10.9. The third-order valence-corrected chi connectivity index (χ3v) is 6.78. The van der Waals surface area contributed by atoms with Crippen LogP contribution in [0.1, 0.15) is 37.2 Å². The second-order valence-electron chi connectivity index (χ2n) is 8.76. The van der Waals surface area contributed by atoms with Crippen molar-refractivity contribution < 1.29 is 4.79 Å². The summed E-state index contributed by atoms with van der Waals surface area (Å²) in [7, 11) is 0. The number of carbonyl (C=O) groups is 1. The Morgan fingerprint density at radius 3 is 2.83 bits per heavy atom. The van der Waals surface area contributed by atoms with E-state index in [4.69, 9.17) is 16.7 Å². The lowest BCUT2D eigenvalue weighted by atomic mass is 10.1. The lowest BCUT2D eigenvalue weighted by Gasteiger charge is -2.28. The molecule has 5 aromatic rings. The Balaban J connectivity index is 1.57. The molecule has 1 saturated heterocycles. The van der Waals surface area contributed by atoms with Gasteiger partial charge in [-0.1, -0.05) is 29.8 Å². The number of aromatic nitrogens is 6. The summed E-state index contributed by atoms with van der Waals surface area (Å²) in [4.78, 5) is 40.0. The number of anilines is 1. The number of hydrogen-bond donors (Lipinski definition) is 1. The minimum atomic E-state index is -0.227. The van der Waals surface area contributed by atoms with Crippen LogP contribution in [0.3, 0.4) is 0 Å². The lowest BCUT2D eigenvalue weighted by molar-refractivity contribution is -0.116. The van der Waals surface area contributed by atoms with E-state index in [9.17, 15) is 9.59 Å². The summed E-state index contributed by atoms with van der Waals surface area (Å²) in [6.45, 7) is 2.30. The third-order valence-electron chi connectivity index (χ3n) is 6.47. The van der Waals surface area contributed by atoms with E-state index in [2.05, 4.69) is 19.9 Å². The molecule has 4 aromatic heterocycles. The highest BCUT2D eigenvalue weighted by atomic mass is 35.5. The summed E-state index contributed by atoms with van der Waals surface area (Å²) in [5.74, 6) is 1.40. The molecule has 0 unspecified atom stereocenters. The minimum absolute atomic E-state index is 0.0631. The Morgan fingerprint density at radius 1 is 1.20 bits per heavy atom. The van der Waals surface area contributed by atoms with Crippen LogP contribution < -0.4 is 10.5 Å². The number of halogens is 1. The molecule has 6 rings (SSSR count). The van der Waals surface area contributed by atoms with E-state index in [1.165, 1.54) is 6.33 Å². The van der Waals surface area contributed by atoms with Crippen molar-refractivity contribution in [2.45, 2.75) is 32.2 Å². The van der Waals surface area contributed by atoms with Gasteiger partial charge in [0.05, 0.1) is 22.1 Å². The first-order chi connectivity index (χ1) is 17.0. The molecule has 35 heavy (non-hydrogen) atoms. The quantitative estimate of drug-likeness (QED) is 0.403. The summed E-state index contributed by atoms with van der Waals surface area (Å²) in [6.07, 6.45) is 7.03. The van der Waals surface area contributed by atoms with Crippen LogP contribution in [0.15, 0.2) is 59.9 Å². The third kappa shape index (κ3) is 3.50. The molecule has 0 radical (unpaired) electrons. The largest absolute Gasteiger partial charge is 0.346 e. The summed E-state index contributed by atoms with van der Waals surface area (Å²) in [5.41, 5.74) is 2.36. The van der Waals surface area contributed by atoms with Gasteiger partial charge < -0.3 is 9.88 Å². The van der Waals surface area contributed by atoms with E-state index >= 15 is 0 Å². The number of para-hydroxylation sites is 1. The van der Waals surface area contributed by atoms with Crippen LogP contribution >= 0.6 is 11.6 Å². The van der Waals surface area contributed by atoms with Crippen molar-refractivity contribution >= 4 is 39.8 Å². The van der Waals surface area contributed by atoms with Crippen LogP contribution in [-0.4, -0.2) is 41.5 Å². The molecule has 1 aliphatic heterocycles. The second kappa shape index (κ2) is 8.35. The van der Waals surface area contributed by atoms with Gasteiger partial charge in [0.1, 0.15) is 29.1 Å². The number of aromatic amines is 1. The highest BCUT2D eigenvalue weighted by Crippen LogP contribution is 2.38. The van der Waals surface area contributed by atoms with Gasteiger partial charge in [-0.25, -0.2) is 14.5 Å². The van der Waals surface area contributed by atoms with Crippen LogP contribution in [0.25, 0.3) is 22.2 Å². The van der Waals surface area contributed by atoms with Gasteiger partial charge in [-0.2, -0.15) is 5.10 Å². The number of nitrogens with zero attached hydrogens (tertiary/aromatic N) is 6. The molecule has 1 aliphatic rings. The van der Waals surface area contributed by atoms with E-state index in [0.29, 0.717) is 28.4 Å². The van der Waals surface area contributed by atoms with Gasteiger partial charge in [0.2, 0.25) is 0 Å². The number of nitrogens with one attached hydrogen (secondary N) is 1. The molecule has 9 nitrogen and oxygen atoms in total. The van der Waals surface area contributed by atoms with Gasteiger partial charge in [-0.3, -0.25) is 14.2 Å². The molecule has 0 amide bonds. The van der Waals surface area contributed by atoms with Gasteiger partial charge >= 0.3 is 0 Å². The van der Waals surface area contributed by atoms with E-state index in [1.807, 2.05) is 36.5 Å². The topological polar surface area (TPSA) is 101 Å². The number of benzene rings is 1. The van der Waals surface area contributed by atoms with Crippen molar-refractivity contribution in [3.8, 4) is 5.69 Å². The number of Topliss-reactive ketones (excluding diaryl/α,β-unsaturated/α-hetero) is 1. The zero-order valence-corrected chi connectivity index (χ0v) is 19.7. The Morgan fingerprint density at radius 2 is 2.03 bits per heavy atom. The molecule has 0 spiro atoms. The second-order valence-corrected chi connectivity index (χ2v) is 9.16. The number of H-pyrrole nitrogens is 1. The standard InChI is InChI=1S/C25H22ClN7O2/c1-15(34)12-16-13-27-22-20(16)24(29-14-28-22)31-10-5-8-19(31)23-30-32-11-9-18(26)21(32)25(35)33(23)17-6-3-2-4-7-17/h2-4,6-7,9,11,13-14,19H,5,8,10,12H2,1H3,(H,27,28,29)/t19-/m0/s1. The van der Waals surface area contributed by atoms with E-state index in [1.54, 1.807) is 28.3 Å². The van der Waals surface area contributed by atoms with Crippen LogP contribution in [0.5, 0.6) is 0 Å². The zero-order chi connectivity index (χ0) is 24.1. The normalized spacial score (nSPS) is 15.9. The summed E-state index contributed by atoms with van der Waals surface area (Å²) < 4.78 is 3.21. The molecule has 1 N–H and O–H groups in total. The van der Waals surface area contributed by atoms with Gasteiger partial charge in [0.15, 0.2) is 5.82 Å². The fourth-order valence-corrected chi connectivity index (χ4v) is 5.24. The van der Waals surface area contributed by atoms with Crippen molar-refractivity contribution in [1.82, 2.24) is 29.1 Å². The molecular formula is C25H22ClN7O2. The first-order valence-corrected chi connectivity index (χ1v) is 11.8. The Hall–Kier alpha value is -3.98. The van der Waals surface area contributed by atoms with Crippen molar-refractivity contribution in [2.24, 2.45) is 0 Å². The Bertz CT molecular complexity index is 1640. The lowest BCUT2D eigenvalue weighted by Crippen LogP contribution is -2.33. The highest BCUT2D eigenvalue weighted by molar-refractivity contribution is 6.33. The van der Waals surface area contributed by atoms with Crippen LogP contribution in [0.4, 0.5) is 5.82 Å². The monoisotopic (exact) mass is 487 g/mol. The maximum atomic E-state index is 13.7. The Labute approximate surface area is 205 Å². The Kier molecular flexibility index (Phi) is 5.14. The number of ketones is 1. The van der Waals surface area contributed by atoms with E-state index in [-0.39, 0.29) is 17.4 Å². The molecular weight excluding hydrogens is 466 g/mol. The van der Waals surface area contributed by atoms with Gasteiger partial charge in [-0.15, -0.1) is 0 Å². The maximum absolute atomic E-state index is 13.7.